The summed E-state index contributed by atoms with van der Waals surface area (Å²) in [4.78, 5) is 22.5. The van der Waals surface area contributed by atoms with Crippen molar-refractivity contribution in [3.8, 4) is 0 Å². The quantitative estimate of drug-likeness (QED) is 0.682. The van der Waals surface area contributed by atoms with Gasteiger partial charge in [0.05, 0.1) is 0 Å². The minimum absolute atomic E-state index is 0.233. The largest absolute Gasteiger partial charge is 0.480 e. The highest BCUT2D eigenvalue weighted by Crippen LogP contribution is 2.06. The average molecular weight is 227 g/mol. The predicted molar refractivity (Wildman–Crippen MR) is 63.1 cm³/mol. The monoisotopic (exact) mass is 227 g/mol. The van der Waals surface area contributed by atoms with Crippen molar-refractivity contribution in [2.45, 2.75) is 46.6 Å². The molecule has 0 rings (SSSR count). The highest BCUT2D eigenvalue weighted by molar-refractivity contribution is 5.95. The van der Waals surface area contributed by atoms with Crippen LogP contribution in [0.5, 0.6) is 0 Å². The van der Waals surface area contributed by atoms with Crippen LogP contribution >= 0.6 is 0 Å². The van der Waals surface area contributed by atoms with E-state index >= 15 is 0 Å². The van der Waals surface area contributed by atoms with Crippen LogP contribution in [0.25, 0.3) is 0 Å². The molecule has 0 aliphatic rings. The number of carboxylic acid groups (broad SMARTS) is 1. The van der Waals surface area contributed by atoms with E-state index in [2.05, 4.69) is 5.32 Å². The maximum Gasteiger partial charge on any atom is 0.326 e. The van der Waals surface area contributed by atoms with Gasteiger partial charge in [-0.05, 0) is 25.7 Å². The van der Waals surface area contributed by atoms with Gasteiger partial charge in [0.25, 0.3) is 0 Å². The second-order valence-electron chi connectivity index (χ2n) is 4.29. The van der Waals surface area contributed by atoms with E-state index in [4.69, 9.17) is 5.11 Å². The molecule has 92 valence electrons. The van der Waals surface area contributed by atoms with Gasteiger partial charge < -0.3 is 10.4 Å². The molecule has 1 amide bonds. The predicted octanol–water partition coefficient (Wildman–Crippen LogP) is 1.96. The molecule has 0 fully saturated rings. The Balaban J connectivity index is 4.46. The van der Waals surface area contributed by atoms with Crippen molar-refractivity contribution in [3.63, 3.8) is 0 Å². The van der Waals surface area contributed by atoms with Crippen molar-refractivity contribution >= 4 is 11.9 Å². The van der Waals surface area contributed by atoms with Crippen molar-refractivity contribution in [2.75, 3.05) is 0 Å². The number of allylic oxidation sites excluding steroid dienone is 1. The zero-order chi connectivity index (χ0) is 12.7. The molecule has 1 atom stereocenters. The van der Waals surface area contributed by atoms with Gasteiger partial charge in [0, 0.05) is 5.57 Å². The zero-order valence-corrected chi connectivity index (χ0v) is 10.4. The summed E-state index contributed by atoms with van der Waals surface area (Å²) < 4.78 is 0. The van der Waals surface area contributed by atoms with Gasteiger partial charge in [-0.25, -0.2) is 4.79 Å². The summed E-state index contributed by atoms with van der Waals surface area (Å²) in [5.74, 6) is -1.04. The van der Waals surface area contributed by atoms with Gasteiger partial charge in [-0.2, -0.15) is 0 Å². The molecule has 0 saturated carbocycles. The van der Waals surface area contributed by atoms with Crippen LogP contribution in [0.3, 0.4) is 0 Å². The third-order valence-corrected chi connectivity index (χ3v) is 2.18. The van der Waals surface area contributed by atoms with Gasteiger partial charge in [0.1, 0.15) is 6.04 Å². The Bertz CT molecular complexity index is 282. The molecule has 0 aliphatic carbocycles. The smallest absolute Gasteiger partial charge is 0.326 e. The molecule has 0 heterocycles. The van der Waals surface area contributed by atoms with Crippen LogP contribution in [-0.4, -0.2) is 23.0 Å². The first-order chi connectivity index (χ1) is 7.38. The van der Waals surface area contributed by atoms with E-state index in [-0.39, 0.29) is 11.8 Å². The molecule has 1 unspecified atom stereocenters. The van der Waals surface area contributed by atoms with E-state index in [1.807, 2.05) is 20.8 Å². The van der Waals surface area contributed by atoms with Crippen molar-refractivity contribution in [3.05, 3.63) is 11.6 Å². The molecule has 0 aliphatic heterocycles. The number of carbonyl (C=O) groups is 2. The average Bonchev–Trinajstić information content (AvgIpc) is 2.16. The van der Waals surface area contributed by atoms with Crippen molar-refractivity contribution in [2.24, 2.45) is 5.92 Å². The van der Waals surface area contributed by atoms with E-state index < -0.39 is 12.0 Å². The lowest BCUT2D eigenvalue weighted by atomic mass is 10.0. The first-order valence-electron chi connectivity index (χ1n) is 5.58. The number of aliphatic carboxylic acids is 1. The maximum absolute atomic E-state index is 11.6. The topological polar surface area (TPSA) is 66.4 Å². The summed E-state index contributed by atoms with van der Waals surface area (Å²) in [7, 11) is 0. The van der Waals surface area contributed by atoms with Crippen LogP contribution in [0.2, 0.25) is 0 Å². The number of hydrogen-bond donors (Lipinski definition) is 2. The summed E-state index contributed by atoms with van der Waals surface area (Å²) in [6.07, 6.45) is 2.99. The van der Waals surface area contributed by atoms with Gasteiger partial charge >= 0.3 is 5.97 Å². The summed E-state index contributed by atoms with van der Waals surface area (Å²) in [5, 5.41) is 11.5. The summed E-state index contributed by atoms with van der Waals surface area (Å²) in [6, 6.07) is -0.798. The highest BCUT2D eigenvalue weighted by atomic mass is 16.4. The fraction of sp³-hybridized carbons (Fsp3) is 0.667. The van der Waals surface area contributed by atoms with Gasteiger partial charge in [-0.3, -0.25) is 4.79 Å². The minimum Gasteiger partial charge on any atom is -0.480 e. The van der Waals surface area contributed by atoms with Gasteiger partial charge in [-0.15, -0.1) is 0 Å². The standard InChI is InChI=1S/C12H21NO3/c1-5-6-9(4)11(14)13-10(12(15)16)7-8(2)3/h6,8,10H,5,7H2,1-4H3,(H,13,14)(H,15,16)/b9-6+. The molecule has 4 nitrogen and oxygen atoms in total. The van der Waals surface area contributed by atoms with Crippen LogP contribution in [0.4, 0.5) is 0 Å². The molecular weight excluding hydrogens is 206 g/mol. The summed E-state index contributed by atoms with van der Waals surface area (Å²) in [6.45, 7) is 7.47. The van der Waals surface area contributed by atoms with Crippen LogP contribution in [0, 0.1) is 5.92 Å². The van der Waals surface area contributed by atoms with Gasteiger partial charge in [-0.1, -0.05) is 26.8 Å². The minimum atomic E-state index is -0.980. The Morgan fingerprint density at radius 2 is 1.94 bits per heavy atom. The Hall–Kier alpha value is -1.32. The summed E-state index contributed by atoms with van der Waals surface area (Å²) >= 11 is 0. The van der Waals surface area contributed by atoms with Gasteiger partial charge in [0.15, 0.2) is 0 Å². The Morgan fingerprint density at radius 3 is 2.31 bits per heavy atom. The third kappa shape index (κ3) is 5.53. The zero-order valence-electron chi connectivity index (χ0n) is 10.4. The first kappa shape index (κ1) is 14.7. The van der Waals surface area contributed by atoms with Crippen molar-refractivity contribution in [1.82, 2.24) is 5.32 Å². The van der Waals surface area contributed by atoms with Crippen LogP contribution in [0.1, 0.15) is 40.5 Å². The number of nitrogens with one attached hydrogen (secondary N) is 1. The molecular formula is C12H21NO3. The Morgan fingerprint density at radius 1 is 1.38 bits per heavy atom. The number of carbonyl (C=O) groups excluding carboxylic acids is 1. The molecule has 0 radical (unpaired) electrons. The molecule has 0 aromatic carbocycles. The van der Waals surface area contributed by atoms with E-state index in [9.17, 15) is 9.59 Å². The van der Waals surface area contributed by atoms with Crippen LogP contribution < -0.4 is 5.32 Å². The lowest BCUT2D eigenvalue weighted by Gasteiger charge is -2.16. The molecule has 4 heteroatoms. The number of hydrogen-bond acceptors (Lipinski definition) is 2. The molecule has 0 aromatic heterocycles. The molecule has 2 N–H and O–H groups in total. The highest BCUT2D eigenvalue weighted by Gasteiger charge is 2.21. The molecule has 0 saturated heterocycles. The van der Waals surface area contributed by atoms with E-state index in [0.29, 0.717) is 12.0 Å². The molecule has 16 heavy (non-hydrogen) atoms. The number of carboxylic acids is 1. The number of amides is 1. The van der Waals surface area contributed by atoms with E-state index in [0.717, 1.165) is 6.42 Å². The van der Waals surface area contributed by atoms with E-state index in [1.165, 1.54) is 0 Å². The maximum atomic E-state index is 11.6. The molecule has 0 spiro atoms. The fourth-order valence-electron chi connectivity index (χ4n) is 1.36. The normalized spacial score (nSPS) is 13.7. The lowest BCUT2D eigenvalue weighted by Crippen LogP contribution is -2.41. The Kier molecular flexibility index (Phi) is 6.46. The SMILES string of the molecule is CC/C=C(\C)C(=O)NC(CC(C)C)C(=O)O. The number of rotatable bonds is 6. The van der Waals surface area contributed by atoms with E-state index in [1.54, 1.807) is 13.0 Å². The first-order valence-corrected chi connectivity index (χ1v) is 5.58. The van der Waals surface area contributed by atoms with Crippen LogP contribution in [0.15, 0.2) is 11.6 Å². The molecule has 0 aromatic rings. The fourth-order valence-corrected chi connectivity index (χ4v) is 1.36. The second kappa shape index (κ2) is 7.04. The summed E-state index contributed by atoms with van der Waals surface area (Å²) in [5.41, 5.74) is 0.567. The second-order valence-corrected chi connectivity index (χ2v) is 4.29. The third-order valence-electron chi connectivity index (χ3n) is 2.18. The van der Waals surface area contributed by atoms with Crippen molar-refractivity contribution < 1.29 is 14.7 Å². The van der Waals surface area contributed by atoms with Gasteiger partial charge in [0.2, 0.25) is 5.91 Å². The van der Waals surface area contributed by atoms with Crippen LogP contribution in [-0.2, 0) is 9.59 Å². The molecule has 0 bridgehead atoms. The van der Waals surface area contributed by atoms with Crippen molar-refractivity contribution in [1.29, 1.82) is 0 Å². The lowest BCUT2D eigenvalue weighted by molar-refractivity contribution is -0.141. The Labute approximate surface area is 96.7 Å².